The topological polar surface area (TPSA) is 148 Å². The van der Waals surface area contributed by atoms with E-state index in [1.54, 1.807) is 12.1 Å². The van der Waals surface area contributed by atoms with Crippen LogP contribution in [0.2, 0.25) is 0 Å². The lowest BCUT2D eigenvalue weighted by atomic mass is 10.1. The Labute approximate surface area is 208 Å². The number of benzene rings is 3. The van der Waals surface area contributed by atoms with Crippen molar-refractivity contribution >= 4 is 46.9 Å². The maximum Gasteiger partial charge on any atom is 0.335 e. The number of barbiturate groups is 1. The molecular formula is C25H17FN4O7. The Kier molecular flexibility index (Phi) is 7.00. The van der Waals surface area contributed by atoms with Gasteiger partial charge in [-0.1, -0.05) is 18.2 Å². The molecule has 2 N–H and O–H groups in total. The number of para-hydroxylation sites is 1. The number of hydrogen-bond acceptors (Lipinski definition) is 7. The summed E-state index contributed by atoms with van der Waals surface area (Å²) in [7, 11) is 0. The first-order chi connectivity index (χ1) is 17.7. The second-order valence-corrected chi connectivity index (χ2v) is 7.61. The first kappa shape index (κ1) is 24.7. The van der Waals surface area contributed by atoms with E-state index < -0.39 is 46.7 Å². The molecule has 1 saturated heterocycles. The summed E-state index contributed by atoms with van der Waals surface area (Å²) >= 11 is 0. The van der Waals surface area contributed by atoms with Gasteiger partial charge >= 0.3 is 6.03 Å². The Morgan fingerprint density at radius 1 is 1.03 bits per heavy atom. The molecule has 4 rings (SSSR count). The highest BCUT2D eigenvalue weighted by atomic mass is 19.1. The number of carbonyl (C=O) groups is 4. The molecule has 3 aromatic carbocycles. The van der Waals surface area contributed by atoms with E-state index in [0.717, 1.165) is 12.1 Å². The van der Waals surface area contributed by atoms with Crippen LogP contribution < -0.4 is 20.3 Å². The van der Waals surface area contributed by atoms with Crippen molar-refractivity contribution in [1.82, 2.24) is 5.32 Å². The van der Waals surface area contributed by atoms with Crippen molar-refractivity contribution in [2.45, 2.75) is 0 Å². The molecule has 186 valence electrons. The van der Waals surface area contributed by atoms with E-state index in [2.05, 4.69) is 10.6 Å². The van der Waals surface area contributed by atoms with Gasteiger partial charge in [-0.25, -0.2) is 14.1 Å². The van der Waals surface area contributed by atoms with Gasteiger partial charge in [-0.2, -0.15) is 0 Å². The molecule has 0 bridgehead atoms. The van der Waals surface area contributed by atoms with Crippen LogP contribution in [0.1, 0.15) is 5.56 Å². The van der Waals surface area contributed by atoms with Gasteiger partial charge in [0.1, 0.15) is 17.1 Å². The summed E-state index contributed by atoms with van der Waals surface area (Å²) in [5.41, 5.74) is 0.0210. The number of nitrogens with one attached hydrogen (secondary N) is 2. The molecule has 12 heteroatoms. The third-order valence-electron chi connectivity index (χ3n) is 5.13. The van der Waals surface area contributed by atoms with Gasteiger partial charge in [0, 0.05) is 23.4 Å². The molecule has 11 nitrogen and oxygen atoms in total. The van der Waals surface area contributed by atoms with Crippen LogP contribution in [0.4, 0.5) is 26.2 Å². The van der Waals surface area contributed by atoms with Crippen LogP contribution in [0.5, 0.6) is 5.75 Å². The number of carbonyl (C=O) groups excluding carboxylic acids is 4. The number of rotatable bonds is 7. The molecule has 1 heterocycles. The van der Waals surface area contributed by atoms with Gasteiger partial charge in [-0.3, -0.25) is 29.8 Å². The van der Waals surface area contributed by atoms with Crippen LogP contribution in [-0.4, -0.2) is 35.3 Å². The molecule has 1 aliphatic heterocycles. The minimum atomic E-state index is -1.01. The first-order valence-corrected chi connectivity index (χ1v) is 10.7. The number of anilines is 2. The number of imide groups is 2. The van der Waals surface area contributed by atoms with Crippen molar-refractivity contribution in [2.75, 3.05) is 16.8 Å². The van der Waals surface area contributed by atoms with Crippen LogP contribution in [0.3, 0.4) is 0 Å². The standard InChI is InChI=1S/C25H17FN4O7/c26-16-5-7-17(8-6-16)27-22(31)14-37-21-4-2-1-3-15(21)13-20-23(32)28-25(34)29(24(20)33)18-9-11-19(12-10-18)30(35)36/h1-13H,14H2,(H,27,31)(H,28,32,34)/b20-13-. The molecule has 0 spiro atoms. The van der Waals surface area contributed by atoms with Gasteiger partial charge in [0.05, 0.1) is 10.6 Å². The van der Waals surface area contributed by atoms with Crippen molar-refractivity contribution in [3.8, 4) is 5.75 Å². The number of nitro benzene ring substituents is 1. The van der Waals surface area contributed by atoms with E-state index in [1.165, 1.54) is 54.6 Å². The Morgan fingerprint density at radius 3 is 2.38 bits per heavy atom. The smallest absolute Gasteiger partial charge is 0.335 e. The molecular weight excluding hydrogens is 487 g/mol. The van der Waals surface area contributed by atoms with E-state index in [0.29, 0.717) is 10.6 Å². The Hall–Kier alpha value is -5.39. The first-order valence-electron chi connectivity index (χ1n) is 10.7. The van der Waals surface area contributed by atoms with Gasteiger partial charge in [0.2, 0.25) is 0 Å². The zero-order chi connectivity index (χ0) is 26.5. The molecule has 0 aromatic heterocycles. The molecule has 0 unspecified atom stereocenters. The van der Waals surface area contributed by atoms with Crippen molar-refractivity contribution < 1.29 is 33.2 Å². The zero-order valence-electron chi connectivity index (χ0n) is 18.8. The molecule has 3 aromatic rings. The Balaban J connectivity index is 1.54. The monoisotopic (exact) mass is 504 g/mol. The summed E-state index contributed by atoms with van der Waals surface area (Å²) in [6.45, 7) is -0.425. The summed E-state index contributed by atoms with van der Waals surface area (Å²) < 4.78 is 18.6. The number of nitro groups is 1. The van der Waals surface area contributed by atoms with Crippen LogP contribution >= 0.6 is 0 Å². The molecule has 0 saturated carbocycles. The van der Waals surface area contributed by atoms with Crippen LogP contribution in [-0.2, 0) is 14.4 Å². The fourth-order valence-corrected chi connectivity index (χ4v) is 3.38. The van der Waals surface area contributed by atoms with Gasteiger partial charge in [0.25, 0.3) is 23.4 Å². The summed E-state index contributed by atoms with van der Waals surface area (Å²) in [6.07, 6.45) is 1.20. The average Bonchev–Trinajstić information content (AvgIpc) is 2.87. The van der Waals surface area contributed by atoms with Crippen molar-refractivity contribution in [3.05, 3.63) is 99.9 Å². The minimum absolute atomic E-state index is 0.0218. The van der Waals surface area contributed by atoms with Crippen molar-refractivity contribution in [1.29, 1.82) is 0 Å². The fraction of sp³-hybridized carbons (Fsp3) is 0.0400. The van der Waals surface area contributed by atoms with Gasteiger partial charge in [-0.15, -0.1) is 0 Å². The predicted molar refractivity (Wildman–Crippen MR) is 129 cm³/mol. The van der Waals surface area contributed by atoms with E-state index in [-0.39, 0.29) is 22.7 Å². The van der Waals surface area contributed by atoms with Gasteiger partial charge < -0.3 is 10.1 Å². The van der Waals surface area contributed by atoms with E-state index in [4.69, 9.17) is 4.74 Å². The second kappa shape index (κ2) is 10.5. The maximum absolute atomic E-state index is 13.1. The van der Waals surface area contributed by atoms with Gasteiger partial charge in [-0.05, 0) is 48.5 Å². The Morgan fingerprint density at radius 2 is 1.70 bits per heavy atom. The van der Waals surface area contributed by atoms with E-state index in [9.17, 15) is 33.7 Å². The maximum atomic E-state index is 13.1. The molecule has 1 aliphatic rings. The normalized spacial score (nSPS) is 14.4. The number of halogens is 1. The highest BCUT2D eigenvalue weighted by molar-refractivity contribution is 6.39. The lowest BCUT2D eigenvalue weighted by molar-refractivity contribution is -0.384. The highest BCUT2D eigenvalue weighted by Gasteiger charge is 2.37. The molecule has 37 heavy (non-hydrogen) atoms. The number of ether oxygens (including phenoxy) is 1. The quantitative estimate of drug-likeness (QED) is 0.217. The molecule has 0 aliphatic carbocycles. The number of amides is 5. The number of hydrogen-bond donors (Lipinski definition) is 2. The third-order valence-corrected chi connectivity index (χ3v) is 5.13. The summed E-state index contributed by atoms with van der Waals surface area (Å²) in [4.78, 5) is 61.1. The van der Waals surface area contributed by atoms with E-state index in [1.807, 2.05) is 0 Å². The predicted octanol–water partition coefficient (Wildman–Crippen LogP) is 3.42. The molecule has 0 atom stereocenters. The molecule has 1 fully saturated rings. The van der Waals surface area contributed by atoms with Crippen LogP contribution in [0.25, 0.3) is 6.08 Å². The van der Waals surface area contributed by atoms with Gasteiger partial charge in [0.15, 0.2) is 6.61 Å². The highest BCUT2D eigenvalue weighted by Crippen LogP contribution is 2.26. The number of urea groups is 1. The lowest BCUT2D eigenvalue weighted by Gasteiger charge is -2.26. The molecule has 5 amide bonds. The van der Waals surface area contributed by atoms with Crippen molar-refractivity contribution in [2.24, 2.45) is 0 Å². The van der Waals surface area contributed by atoms with Crippen molar-refractivity contribution in [3.63, 3.8) is 0 Å². The Bertz CT molecular complexity index is 1440. The number of non-ortho nitro benzene ring substituents is 1. The zero-order valence-corrected chi connectivity index (χ0v) is 18.8. The second-order valence-electron chi connectivity index (χ2n) is 7.61. The largest absolute Gasteiger partial charge is 0.483 e. The third kappa shape index (κ3) is 5.65. The van der Waals surface area contributed by atoms with Crippen LogP contribution in [0.15, 0.2) is 78.4 Å². The summed E-state index contributed by atoms with van der Waals surface area (Å²) in [6, 6.07) is 15.1. The number of nitrogens with zero attached hydrogens (tertiary/aromatic N) is 2. The summed E-state index contributed by atoms with van der Waals surface area (Å²) in [5, 5.41) is 15.5. The lowest BCUT2D eigenvalue weighted by Crippen LogP contribution is -2.54. The van der Waals surface area contributed by atoms with Crippen LogP contribution in [0, 0.1) is 15.9 Å². The molecule has 0 radical (unpaired) electrons. The SMILES string of the molecule is O=C(COc1ccccc1/C=C1/C(=O)NC(=O)N(c2ccc([N+](=O)[O-])cc2)C1=O)Nc1ccc(F)cc1. The summed E-state index contributed by atoms with van der Waals surface area (Å²) in [5.74, 6) is -2.71. The average molecular weight is 504 g/mol. The minimum Gasteiger partial charge on any atom is -0.483 e. The fourth-order valence-electron chi connectivity index (χ4n) is 3.38. The van der Waals surface area contributed by atoms with E-state index >= 15 is 0 Å².